The van der Waals surface area contributed by atoms with E-state index >= 15 is 0 Å². The number of rotatable bonds is 0. The Labute approximate surface area is 87.3 Å². The highest BCUT2D eigenvalue weighted by atomic mass is 16.5. The van der Waals surface area contributed by atoms with E-state index in [0.717, 1.165) is 19.4 Å². The van der Waals surface area contributed by atoms with E-state index in [-0.39, 0.29) is 5.56 Å². The molecule has 5 nitrogen and oxygen atoms in total. The van der Waals surface area contributed by atoms with Crippen molar-refractivity contribution in [2.45, 2.75) is 18.9 Å². The number of hydrogen-bond donors (Lipinski definition) is 0. The summed E-state index contributed by atoms with van der Waals surface area (Å²) in [7, 11) is 1.67. The highest BCUT2D eigenvalue weighted by molar-refractivity contribution is 5.58. The molecule has 80 valence electrons. The summed E-state index contributed by atoms with van der Waals surface area (Å²) in [5, 5.41) is 3.96. The summed E-state index contributed by atoms with van der Waals surface area (Å²) < 4.78 is 6.92. The maximum absolute atomic E-state index is 11.9. The lowest BCUT2D eigenvalue weighted by molar-refractivity contribution is 0.268. The van der Waals surface area contributed by atoms with Crippen LogP contribution in [0.25, 0.3) is 0 Å². The molecule has 5 heteroatoms. The van der Waals surface area contributed by atoms with Gasteiger partial charge in [-0.2, -0.15) is 5.10 Å². The summed E-state index contributed by atoms with van der Waals surface area (Å²) in [6.07, 6.45) is 3.88. The van der Waals surface area contributed by atoms with Gasteiger partial charge in [-0.15, -0.1) is 0 Å². The maximum atomic E-state index is 11.9. The number of fused-ring (bicyclic) bond motifs is 3. The monoisotopic (exact) mass is 207 g/mol. The van der Waals surface area contributed by atoms with Gasteiger partial charge in [0.05, 0.1) is 12.2 Å². The first-order valence-electron chi connectivity index (χ1n) is 5.23. The number of aryl methyl sites for hydroxylation is 1. The third-order valence-electron chi connectivity index (χ3n) is 3.17. The first-order chi connectivity index (χ1) is 7.27. The topological polar surface area (TPSA) is 47.4 Å². The van der Waals surface area contributed by atoms with E-state index in [1.807, 2.05) is 0 Å². The molecule has 3 rings (SSSR count). The Hall–Kier alpha value is -1.52. The van der Waals surface area contributed by atoms with Gasteiger partial charge in [0.1, 0.15) is 12.3 Å². The Balaban J connectivity index is 2.19. The Morgan fingerprint density at radius 1 is 1.60 bits per heavy atom. The highest BCUT2D eigenvalue weighted by Gasteiger charge is 2.33. The molecule has 0 spiro atoms. The van der Waals surface area contributed by atoms with E-state index in [4.69, 9.17) is 4.74 Å². The van der Waals surface area contributed by atoms with Crippen LogP contribution in [0.1, 0.15) is 12.8 Å². The van der Waals surface area contributed by atoms with Crippen molar-refractivity contribution >= 4 is 5.69 Å². The normalized spacial score (nSPS) is 23.3. The summed E-state index contributed by atoms with van der Waals surface area (Å²) in [5.74, 6) is 0.635. The molecule has 2 aliphatic rings. The van der Waals surface area contributed by atoms with Gasteiger partial charge in [-0.25, -0.2) is 4.68 Å². The number of nitrogens with zero attached hydrogens (tertiary/aromatic N) is 3. The lowest BCUT2D eigenvalue weighted by Gasteiger charge is -2.32. The zero-order valence-electron chi connectivity index (χ0n) is 8.64. The van der Waals surface area contributed by atoms with E-state index in [1.165, 1.54) is 4.68 Å². The van der Waals surface area contributed by atoms with Crippen LogP contribution in [0.3, 0.4) is 0 Å². The van der Waals surface area contributed by atoms with Gasteiger partial charge in [0.25, 0.3) is 5.56 Å². The van der Waals surface area contributed by atoms with Gasteiger partial charge in [0.15, 0.2) is 5.75 Å². The predicted molar refractivity (Wildman–Crippen MR) is 55.3 cm³/mol. The fourth-order valence-electron chi connectivity index (χ4n) is 2.37. The Bertz CT molecular complexity index is 454. The zero-order chi connectivity index (χ0) is 10.4. The molecule has 1 aromatic rings. The predicted octanol–water partition coefficient (Wildman–Crippen LogP) is 0.141. The standard InChI is InChI=1S/C10H13N3O2/c1-12-10(14)9-8(5-11-12)15-6-7-3-2-4-13(7)9/h5,7H,2-4,6H2,1H3. The van der Waals surface area contributed by atoms with Crippen molar-refractivity contribution in [2.75, 3.05) is 18.1 Å². The molecular formula is C10H13N3O2. The van der Waals surface area contributed by atoms with Gasteiger partial charge in [-0.05, 0) is 12.8 Å². The van der Waals surface area contributed by atoms with Crippen molar-refractivity contribution in [1.82, 2.24) is 9.78 Å². The van der Waals surface area contributed by atoms with E-state index in [0.29, 0.717) is 24.1 Å². The minimum Gasteiger partial charge on any atom is -0.487 e. The van der Waals surface area contributed by atoms with E-state index in [2.05, 4.69) is 10.00 Å². The molecule has 1 fully saturated rings. The fourth-order valence-corrected chi connectivity index (χ4v) is 2.37. The highest BCUT2D eigenvalue weighted by Crippen LogP contribution is 2.34. The summed E-state index contributed by atoms with van der Waals surface area (Å²) in [5.41, 5.74) is 0.639. The third kappa shape index (κ3) is 1.15. The SMILES string of the molecule is Cn1ncc2c(c1=O)N1CCCC1CO2. The van der Waals surface area contributed by atoms with Crippen LogP contribution in [-0.4, -0.2) is 29.0 Å². The molecule has 15 heavy (non-hydrogen) atoms. The average Bonchev–Trinajstić information content (AvgIpc) is 2.70. The number of aromatic nitrogens is 2. The number of ether oxygens (including phenoxy) is 1. The zero-order valence-corrected chi connectivity index (χ0v) is 8.64. The molecule has 0 amide bonds. The molecule has 0 bridgehead atoms. The molecule has 1 unspecified atom stereocenters. The van der Waals surface area contributed by atoms with Gasteiger partial charge in [0, 0.05) is 13.6 Å². The fraction of sp³-hybridized carbons (Fsp3) is 0.600. The molecule has 3 heterocycles. The molecule has 0 saturated carbocycles. The van der Waals surface area contributed by atoms with E-state index in [9.17, 15) is 4.79 Å². The van der Waals surface area contributed by atoms with E-state index < -0.39 is 0 Å². The van der Waals surface area contributed by atoms with Gasteiger partial charge >= 0.3 is 0 Å². The lowest BCUT2D eigenvalue weighted by atomic mass is 10.2. The van der Waals surface area contributed by atoms with Crippen LogP contribution in [-0.2, 0) is 7.05 Å². The molecule has 1 saturated heterocycles. The van der Waals surface area contributed by atoms with Crippen molar-refractivity contribution in [1.29, 1.82) is 0 Å². The second kappa shape index (κ2) is 2.98. The smallest absolute Gasteiger partial charge is 0.293 e. The second-order valence-electron chi connectivity index (χ2n) is 4.09. The Morgan fingerprint density at radius 3 is 3.33 bits per heavy atom. The molecule has 0 radical (unpaired) electrons. The summed E-state index contributed by atoms with van der Waals surface area (Å²) >= 11 is 0. The quantitative estimate of drug-likeness (QED) is 0.607. The molecule has 0 aromatic carbocycles. The van der Waals surface area contributed by atoms with Crippen molar-refractivity contribution in [3.05, 3.63) is 16.6 Å². The van der Waals surface area contributed by atoms with Crippen molar-refractivity contribution < 1.29 is 4.74 Å². The maximum Gasteiger partial charge on any atom is 0.293 e. The number of anilines is 1. The molecule has 2 aliphatic heterocycles. The molecule has 1 atom stereocenters. The third-order valence-corrected chi connectivity index (χ3v) is 3.17. The van der Waals surface area contributed by atoms with E-state index in [1.54, 1.807) is 13.2 Å². The summed E-state index contributed by atoms with van der Waals surface area (Å²) in [4.78, 5) is 14.1. The van der Waals surface area contributed by atoms with Crippen molar-refractivity contribution in [3.8, 4) is 5.75 Å². The van der Waals surface area contributed by atoms with Crippen LogP contribution >= 0.6 is 0 Å². The van der Waals surface area contributed by atoms with Gasteiger partial charge in [0.2, 0.25) is 0 Å². The molecular weight excluding hydrogens is 194 g/mol. The van der Waals surface area contributed by atoms with Crippen LogP contribution < -0.4 is 15.2 Å². The lowest BCUT2D eigenvalue weighted by Crippen LogP contribution is -2.42. The van der Waals surface area contributed by atoms with Crippen molar-refractivity contribution in [3.63, 3.8) is 0 Å². The van der Waals surface area contributed by atoms with Gasteiger partial charge in [-0.3, -0.25) is 4.79 Å². The van der Waals surface area contributed by atoms with Crippen LogP contribution in [0.4, 0.5) is 5.69 Å². The van der Waals surface area contributed by atoms with Crippen LogP contribution in [0.5, 0.6) is 5.75 Å². The van der Waals surface area contributed by atoms with Crippen LogP contribution in [0, 0.1) is 0 Å². The minimum absolute atomic E-state index is 0.0564. The van der Waals surface area contributed by atoms with Crippen LogP contribution in [0.2, 0.25) is 0 Å². The Morgan fingerprint density at radius 2 is 2.47 bits per heavy atom. The summed E-state index contributed by atoms with van der Waals surface area (Å²) in [6, 6.07) is 0.382. The van der Waals surface area contributed by atoms with Gasteiger partial charge in [-0.1, -0.05) is 0 Å². The summed E-state index contributed by atoms with van der Waals surface area (Å²) in [6.45, 7) is 1.64. The first kappa shape index (κ1) is 8.76. The van der Waals surface area contributed by atoms with Crippen molar-refractivity contribution in [2.24, 2.45) is 7.05 Å². The first-order valence-corrected chi connectivity index (χ1v) is 5.23. The largest absolute Gasteiger partial charge is 0.487 e. The van der Waals surface area contributed by atoms with Gasteiger partial charge < -0.3 is 9.64 Å². The Kier molecular flexibility index (Phi) is 1.74. The minimum atomic E-state index is -0.0564. The molecule has 0 N–H and O–H groups in total. The van der Waals surface area contributed by atoms with Crippen LogP contribution in [0.15, 0.2) is 11.0 Å². The second-order valence-corrected chi connectivity index (χ2v) is 4.09. The molecule has 1 aromatic heterocycles. The molecule has 0 aliphatic carbocycles. The number of hydrogen-bond acceptors (Lipinski definition) is 4. The average molecular weight is 207 g/mol.